The van der Waals surface area contributed by atoms with Gasteiger partial charge in [0.25, 0.3) is 0 Å². The molecule has 2 atom stereocenters. The van der Waals surface area contributed by atoms with E-state index in [1.54, 1.807) is 11.8 Å². The summed E-state index contributed by atoms with van der Waals surface area (Å²) in [4.78, 5) is 1.23. The quantitative estimate of drug-likeness (QED) is 0.843. The van der Waals surface area contributed by atoms with E-state index in [2.05, 4.69) is 31.2 Å². The zero-order chi connectivity index (χ0) is 13.1. The predicted molar refractivity (Wildman–Crippen MR) is 76.9 cm³/mol. The molecule has 0 saturated carbocycles. The molecule has 3 heteroatoms. The summed E-state index contributed by atoms with van der Waals surface area (Å²) in [6.07, 6.45) is 0. The van der Waals surface area contributed by atoms with Crippen LogP contribution in [0.1, 0.15) is 29.3 Å². The Balaban J connectivity index is 2.22. The van der Waals surface area contributed by atoms with E-state index >= 15 is 0 Å². The van der Waals surface area contributed by atoms with Crippen molar-refractivity contribution in [2.75, 3.05) is 0 Å². The molecule has 18 heavy (non-hydrogen) atoms. The molecule has 0 fully saturated rings. The second-order valence-corrected chi connectivity index (χ2v) is 5.88. The topological polar surface area (TPSA) is 39.2 Å². The van der Waals surface area contributed by atoms with E-state index in [1.807, 2.05) is 26.0 Å². The molecule has 96 valence electrons. The molecule has 0 saturated heterocycles. The van der Waals surface area contributed by atoms with Crippen LogP contribution in [0.5, 0.6) is 0 Å². The molecular formula is C15H19NOS. The van der Waals surface area contributed by atoms with Crippen molar-refractivity contribution in [3.05, 3.63) is 53.5 Å². The highest BCUT2D eigenvalue weighted by atomic mass is 32.2. The first-order valence-corrected chi connectivity index (χ1v) is 6.99. The number of hydrogen-bond acceptors (Lipinski definition) is 3. The molecule has 0 aliphatic rings. The second kappa shape index (κ2) is 5.63. The lowest BCUT2D eigenvalue weighted by Gasteiger charge is -2.18. The maximum absolute atomic E-state index is 6.08. The van der Waals surface area contributed by atoms with Crippen molar-refractivity contribution < 1.29 is 4.42 Å². The van der Waals surface area contributed by atoms with E-state index in [0.29, 0.717) is 0 Å². The van der Waals surface area contributed by atoms with Crippen LogP contribution in [-0.4, -0.2) is 6.04 Å². The molecule has 0 amide bonds. The third-order valence-corrected chi connectivity index (χ3v) is 4.21. The maximum atomic E-state index is 6.08. The maximum Gasteiger partial charge on any atom is 0.119 e. The SMILES string of the molecule is Cc1cccc(SC(c2ccc(C)o2)C(C)N)c1. The fourth-order valence-corrected chi connectivity index (χ4v) is 3.03. The Kier molecular flexibility index (Phi) is 4.15. The number of nitrogens with two attached hydrogens (primary N) is 1. The van der Waals surface area contributed by atoms with Crippen LogP contribution in [0.2, 0.25) is 0 Å². The van der Waals surface area contributed by atoms with Crippen LogP contribution in [0.3, 0.4) is 0 Å². The number of aryl methyl sites for hydroxylation is 2. The number of furan rings is 1. The summed E-state index contributed by atoms with van der Waals surface area (Å²) >= 11 is 1.76. The highest BCUT2D eigenvalue weighted by Crippen LogP contribution is 2.38. The number of thioether (sulfide) groups is 1. The first-order chi connectivity index (χ1) is 8.56. The molecule has 2 unspecified atom stereocenters. The minimum Gasteiger partial charge on any atom is -0.465 e. The molecule has 0 aliphatic heterocycles. The Morgan fingerprint density at radius 2 is 1.94 bits per heavy atom. The van der Waals surface area contributed by atoms with Crippen molar-refractivity contribution in [2.45, 2.75) is 37.0 Å². The van der Waals surface area contributed by atoms with E-state index in [0.717, 1.165) is 11.5 Å². The van der Waals surface area contributed by atoms with Crippen LogP contribution in [0.25, 0.3) is 0 Å². The fraction of sp³-hybridized carbons (Fsp3) is 0.333. The standard InChI is InChI=1S/C15H19NOS/c1-10-5-4-6-13(9-10)18-15(12(3)16)14-8-7-11(2)17-14/h4-9,12,15H,16H2,1-3H3. The van der Waals surface area contributed by atoms with E-state index in [4.69, 9.17) is 10.2 Å². The van der Waals surface area contributed by atoms with Crippen molar-refractivity contribution in [3.8, 4) is 0 Å². The van der Waals surface area contributed by atoms with Crippen LogP contribution < -0.4 is 5.73 Å². The molecule has 2 rings (SSSR count). The minimum absolute atomic E-state index is 0.0427. The Morgan fingerprint density at radius 3 is 2.50 bits per heavy atom. The van der Waals surface area contributed by atoms with Crippen LogP contribution >= 0.6 is 11.8 Å². The van der Waals surface area contributed by atoms with E-state index < -0.39 is 0 Å². The first kappa shape index (κ1) is 13.2. The zero-order valence-corrected chi connectivity index (χ0v) is 11.8. The summed E-state index contributed by atoms with van der Waals surface area (Å²) in [5, 5.41) is 0.153. The molecule has 0 radical (unpaired) electrons. The van der Waals surface area contributed by atoms with Crippen LogP contribution in [0, 0.1) is 13.8 Å². The molecule has 2 nitrogen and oxygen atoms in total. The van der Waals surface area contributed by atoms with Crippen molar-refractivity contribution >= 4 is 11.8 Å². The van der Waals surface area contributed by atoms with Crippen LogP contribution in [0.4, 0.5) is 0 Å². The number of benzene rings is 1. The number of hydrogen-bond donors (Lipinski definition) is 1. The summed E-state index contributed by atoms with van der Waals surface area (Å²) < 4.78 is 5.71. The van der Waals surface area contributed by atoms with Gasteiger partial charge in [0.1, 0.15) is 11.5 Å². The van der Waals surface area contributed by atoms with Crippen molar-refractivity contribution in [1.29, 1.82) is 0 Å². The third-order valence-electron chi connectivity index (χ3n) is 2.77. The van der Waals surface area contributed by atoms with Crippen molar-refractivity contribution in [2.24, 2.45) is 5.73 Å². The fourth-order valence-electron chi connectivity index (χ4n) is 1.87. The Hall–Kier alpha value is -1.19. The molecular weight excluding hydrogens is 242 g/mol. The summed E-state index contributed by atoms with van der Waals surface area (Å²) in [6.45, 7) is 6.08. The van der Waals surface area contributed by atoms with Gasteiger partial charge in [0.15, 0.2) is 0 Å². The molecule has 2 N–H and O–H groups in total. The third kappa shape index (κ3) is 3.18. The molecule has 1 aromatic heterocycles. The number of rotatable bonds is 4. The van der Waals surface area contributed by atoms with Crippen LogP contribution in [-0.2, 0) is 0 Å². The first-order valence-electron chi connectivity index (χ1n) is 6.11. The molecule has 2 aromatic rings. The summed E-state index contributed by atoms with van der Waals surface area (Å²) in [5.74, 6) is 1.88. The Bertz CT molecular complexity index is 519. The average Bonchev–Trinajstić information content (AvgIpc) is 2.72. The van der Waals surface area contributed by atoms with Gasteiger partial charge in [-0.3, -0.25) is 0 Å². The highest BCUT2D eigenvalue weighted by molar-refractivity contribution is 7.99. The molecule has 1 aromatic carbocycles. The van der Waals surface area contributed by atoms with Gasteiger partial charge in [-0.25, -0.2) is 0 Å². The van der Waals surface area contributed by atoms with Gasteiger partial charge in [-0.05, 0) is 45.0 Å². The molecule has 0 bridgehead atoms. The molecule has 0 aliphatic carbocycles. The summed E-state index contributed by atoms with van der Waals surface area (Å²) in [6, 6.07) is 12.5. The van der Waals surface area contributed by atoms with E-state index in [1.165, 1.54) is 10.5 Å². The van der Waals surface area contributed by atoms with Gasteiger partial charge in [0.05, 0.1) is 5.25 Å². The monoisotopic (exact) mass is 261 g/mol. The van der Waals surface area contributed by atoms with Crippen LogP contribution in [0.15, 0.2) is 45.7 Å². The molecule has 1 heterocycles. The van der Waals surface area contributed by atoms with Crippen molar-refractivity contribution in [3.63, 3.8) is 0 Å². The lowest BCUT2D eigenvalue weighted by atomic mass is 10.2. The lowest BCUT2D eigenvalue weighted by molar-refractivity contribution is 0.465. The highest BCUT2D eigenvalue weighted by Gasteiger charge is 2.21. The minimum atomic E-state index is 0.0427. The predicted octanol–water partition coefficient (Wildman–Crippen LogP) is 4.08. The van der Waals surface area contributed by atoms with E-state index in [-0.39, 0.29) is 11.3 Å². The summed E-state index contributed by atoms with van der Waals surface area (Å²) in [5.41, 5.74) is 7.35. The van der Waals surface area contributed by atoms with Gasteiger partial charge in [0, 0.05) is 10.9 Å². The largest absolute Gasteiger partial charge is 0.465 e. The molecule has 0 spiro atoms. The summed E-state index contributed by atoms with van der Waals surface area (Å²) in [7, 11) is 0. The second-order valence-electron chi connectivity index (χ2n) is 4.66. The van der Waals surface area contributed by atoms with E-state index in [9.17, 15) is 0 Å². The van der Waals surface area contributed by atoms with Gasteiger partial charge in [-0.15, -0.1) is 11.8 Å². The normalized spacial score (nSPS) is 14.4. The smallest absolute Gasteiger partial charge is 0.119 e. The Labute approximate surface area is 113 Å². The van der Waals surface area contributed by atoms with Gasteiger partial charge < -0.3 is 10.2 Å². The Morgan fingerprint density at radius 1 is 1.17 bits per heavy atom. The lowest BCUT2D eigenvalue weighted by Crippen LogP contribution is -2.22. The van der Waals surface area contributed by atoms with Gasteiger partial charge in [-0.2, -0.15) is 0 Å². The zero-order valence-electron chi connectivity index (χ0n) is 11.0. The average molecular weight is 261 g/mol. The van der Waals surface area contributed by atoms with Gasteiger partial charge in [0.2, 0.25) is 0 Å². The van der Waals surface area contributed by atoms with Gasteiger partial charge >= 0.3 is 0 Å². The van der Waals surface area contributed by atoms with Crippen molar-refractivity contribution in [1.82, 2.24) is 0 Å². The van der Waals surface area contributed by atoms with Gasteiger partial charge in [-0.1, -0.05) is 17.7 Å².